The number of likely N-dealkylation sites (N-methyl/N-ethyl adjacent to an activating group) is 1. The highest BCUT2D eigenvalue weighted by molar-refractivity contribution is 5.61. The molecule has 0 radical (unpaired) electrons. The van der Waals surface area contributed by atoms with Crippen molar-refractivity contribution in [1.29, 1.82) is 0 Å². The number of hydrogen-bond donors (Lipinski definition) is 3. The van der Waals surface area contributed by atoms with Crippen molar-refractivity contribution < 1.29 is 19.0 Å². The van der Waals surface area contributed by atoms with Crippen molar-refractivity contribution >= 4 is 5.69 Å². The first-order valence-electron chi connectivity index (χ1n) is 9.22. The maximum atomic E-state index is 14.9. The van der Waals surface area contributed by atoms with Gasteiger partial charge in [0.25, 0.3) is 0 Å². The molecule has 0 aromatic heterocycles. The molecule has 0 saturated carbocycles. The van der Waals surface area contributed by atoms with Gasteiger partial charge in [0.1, 0.15) is 11.4 Å². The largest absolute Gasteiger partial charge is 0.493 e. The molecule has 152 valence electrons. The van der Waals surface area contributed by atoms with Gasteiger partial charge in [-0.25, -0.2) is 8.78 Å². The maximum Gasteiger partial charge on any atom is 0.221 e. The Balaban J connectivity index is 1.77. The fraction of sp³-hybridized carbons (Fsp3) is 0.130. The van der Waals surface area contributed by atoms with Crippen LogP contribution in [0.15, 0.2) is 77.6 Å². The number of allylic oxidation sites excluding steroid dienone is 2. The lowest BCUT2D eigenvalue weighted by molar-refractivity contribution is 0.0300. The quantitative estimate of drug-likeness (QED) is 0.632. The number of dihydropyridines is 1. The summed E-state index contributed by atoms with van der Waals surface area (Å²) in [6.45, 7) is 1.81. The second kappa shape index (κ2) is 7.58. The topological polar surface area (TPSA) is 59.0 Å². The van der Waals surface area contributed by atoms with Crippen molar-refractivity contribution in [2.45, 2.75) is 13.3 Å². The number of halogens is 2. The number of anilines is 1. The van der Waals surface area contributed by atoms with E-state index < -0.39 is 29.6 Å². The van der Waals surface area contributed by atoms with Crippen molar-refractivity contribution in [1.82, 2.24) is 10.2 Å². The average molecular weight is 407 g/mol. The molecule has 3 N–H and O–H groups in total. The minimum absolute atomic E-state index is 0.139. The number of nitrogens with one attached hydrogen (secondary N) is 1. The zero-order chi connectivity index (χ0) is 21.4. The fourth-order valence-electron chi connectivity index (χ4n) is 3.49. The van der Waals surface area contributed by atoms with Gasteiger partial charge in [0.15, 0.2) is 11.6 Å². The van der Waals surface area contributed by atoms with Crippen LogP contribution in [0.4, 0.5) is 14.5 Å². The Morgan fingerprint density at radius 3 is 2.33 bits per heavy atom. The van der Waals surface area contributed by atoms with Crippen LogP contribution in [0, 0.1) is 23.5 Å². The molecule has 0 bridgehead atoms. The lowest BCUT2D eigenvalue weighted by atomic mass is 10.1. The van der Waals surface area contributed by atoms with Gasteiger partial charge >= 0.3 is 0 Å². The van der Waals surface area contributed by atoms with Crippen LogP contribution in [0.25, 0.3) is 0 Å². The molecular weight excluding hydrogens is 388 g/mol. The van der Waals surface area contributed by atoms with Crippen LogP contribution in [0.3, 0.4) is 0 Å². The van der Waals surface area contributed by atoms with Crippen molar-refractivity contribution in [3.63, 3.8) is 0 Å². The highest BCUT2D eigenvalue weighted by Crippen LogP contribution is 2.37. The standard InChI is InChI=1S/C23H19F2N3O2/c1-14-10-11-26-19-20(14)27(2)23(30)28(22(19)29)21-17(24)12-16(13-18(21)25)9-8-15-6-4-3-5-7-15/h3-7,10-13,23,26,29-30H,1-2H3. The van der Waals surface area contributed by atoms with Crippen LogP contribution >= 0.6 is 0 Å². The van der Waals surface area contributed by atoms with Crippen LogP contribution in [0.2, 0.25) is 0 Å². The summed E-state index contributed by atoms with van der Waals surface area (Å²) in [7, 11) is 1.57. The molecule has 0 aliphatic carbocycles. The Kier molecular flexibility index (Phi) is 4.94. The normalized spacial score (nSPS) is 18.1. The van der Waals surface area contributed by atoms with E-state index in [1.54, 1.807) is 38.4 Å². The van der Waals surface area contributed by atoms with Gasteiger partial charge in [-0.2, -0.15) is 0 Å². The minimum atomic E-state index is -1.52. The summed E-state index contributed by atoms with van der Waals surface area (Å²) in [5, 5.41) is 24.3. The Bertz CT molecular complexity index is 1140. The number of benzene rings is 2. The van der Waals surface area contributed by atoms with Crippen molar-refractivity contribution in [2.75, 3.05) is 11.9 Å². The zero-order valence-electron chi connectivity index (χ0n) is 16.3. The Morgan fingerprint density at radius 2 is 1.67 bits per heavy atom. The summed E-state index contributed by atoms with van der Waals surface area (Å²) in [4.78, 5) is 2.22. The lowest BCUT2D eigenvalue weighted by Gasteiger charge is -2.43. The van der Waals surface area contributed by atoms with E-state index in [4.69, 9.17) is 0 Å². The molecule has 0 fully saturated rings. The SMILES string of the molecule is CC1=C2C(=C(O)N(c3c(F)cc(C#Cc4ccccc4)cc3F)C(O)N2C)NC=C1. The molecule has 2 heterocycles. The molecule has 30 heavy (non-hydrogen) atoms. The van der Waals surface area contributed by atoms with E-state index in [9.17, 15) is 19.0 Å². The fourth-order valence-corrected chi connectivity index (χ4v) is 3.49. The number of fused-ring (bicyclic) bond motifs is 1. The van der Waals surface area contributed by atoms with Crippen molar-refractivity contribution in [2.24, 2.45) is 0 Å². The van der Waals surface area contributed by atoms with Crippen LogP contribution in [0.1, 0.15) is 18.1 Å². The third-order valence-corrected chi connectivity index (χ3v) is 4.94. The first-order valence-corrected chi connectivity index (χ1v) is 9.22. The van der Waals surface area contributed by atoms with Crippen LogP contribution in [-0.2, 0) is 0 Å². The molecular formula is C23H19F2N3O2. The van der Waals surface area contributed by atoms with Gasteiger partial charge in [0.05, 0.1) is 5.70 Å². The van der Waals surface area contributed by atoms with E-state index in [-0.39, 0.29) is 11.3 Å². The summed E-state index contributed by atoms with van der Waals surface area (Å²) >= 11 is 0. The molecule has 2 aliphatic rings. The molecule has 1 unspecified atom stereocenters. The van der Waals surface area contributed by atoms with Crippen LogP contribution in [-0.4, -0.2) is 28.5 Å². The van der Waals surface area contributed by atoms with Gasteiger partial charge in [-0.3, -0.25) is 4.90 Å². The highest BCUT2D eigenvalue weighted by atomic mass is 19.1. The Labute approximate surface area is 172 Å². The third kappa shape index (κ3) is 3.27. The average Bonchev–Trinajstić information content (AvgIpc) is 2.73. The lowest BCUT2D eigenvalue weighted by Crippen LogP contribution is -2.53. The number of aliphatic hydroxyl groups excluding tert-OH is 2. The van der Waals surface area contributed by atoms with E-state index in [0.717, 1.165) is 22.6 Å². The maximum absolute atomic E-state index is 14.9. The summed E-state index contributed by atoms with van der Waals surface area (Å²) < 4.78 is 29.9. The van der Waals surface area contributed by atoms with Crippen LogP contribution in [0.5, 0.6) is 0 Å². The van der Waals surface area contributed by atoms with E-state index in [1.165, 1.54) is 4.90 Å². The third-order valence-electron chi connectivity index (χ3n) is 4.94. The van der Waals surface area contributed by atoms with Gasteiger partial charge in [-0.15, -0.1) is 0 Å². The van der Waals surface area contributed by atoms with Gasteiger partial charge in [-0.1, -0.05) is 30.0 Å². The molecule has 1 atom stereocenters. The molecule has 4 rings (SSSR count). The van der Waals surface area contributed by atoms with Crippen molar-refractivity contribution in [3.05, 3.63) is 100 Å². The van der Waals surface area contributed by atoms with E-state index in [1.807, 2.05) is 18.2 Å². The zero-order valence-corrected chi connectivity index (χ0v) is 16.3. The summed E-state index contributed by atoms with van der Waals surface area (Å²) in [6, 6.07) is 11.2. The predicted molar refractivity (Wildman–Crippen MR) is 110 cm³/mol. The monoisotopic (exact) mass is 407 g/mol. The highest BCUT2D eigenvalue weighted by Gasteiger charge is 2.39. The smallest absolute Gasteiger partial charge is 0.221 e. The molecule has 0 spiro atoms. The van der Waals surface area contributed by atoms with Crippen LogP contribution < -0.4 is 10.2 Å². The molecule has 0 amide bonds. The Morgan fingerprint density at radius 1 is 1.03 bits per heavy atom. The molecule has 0 saturated heterocycles. The second-order valence-electron chi connectivity index (χ2n) is 6.94. The van der Waals surface area contributed by atoms with Crippen molar-refractivity contribution in [3.8, 4) is 11.8 Å². The first kappa shape index (κ1) is 19.6. The van der Waals surface area contributed by atoms with Gasteiger partial charge in [0, 0.05) is 24.4 Å². The Hall–Kier alpha value is -3.76. The van der Waals surface area contributed by atoms with Gasteiger partial charge in [-0.05, 0) is 42.8 Å². The summed E-state index contributed by atoms with van der Waals surface area (Å²) in [5.41, 5.74) is 1.84. The van der Waals surface area contributed by atoms with E-state index >= 15 is 0 Å². The molecule has 5 nitrogen and oxygen atoms in total. The first-order chi connectivity index (χ1) is 14.4. The predicted octanol–water partition coefficient (Wildman–Crippen LogP) is 3.51. The molecule has 2 aromatic carbocycles. The van der Waals surface area contributed by atoms with Gasteiger partial charge in [0.2, 0.25) is 12.2 Å². The van der Waals surface area contributed by atoms with E-state index in [2.05, 4.69) is 17.2 Å². The number of aliphatic hydroxyl groups is 2. The minimum Gasteiger partial charge on any atom is -0.493 e. The summed E-state index contributed by atoms with van der Waals surface area (Å²) in [6.07, 6.45) is 1.85. The van der Waals surface area contributed by atoms with Gasteiger partial charge < -0.3 is 20.4 Å². The summed E-state index contributed by atoms with van der Waals surface area (Å²) in [5.74, 6) is 3.18. The molecule has 7 heteroatoms. The molecule has 2 aromatic rings. The van der Waals surface area contributed by atoms with E-state index in [0.29, 0.717) is 11.3 Å². The number of hydrogen-bond acceptors (Lipinski definition) is 5. The number of nitrogens with zero attached hydrogens (tertiary/aromatic N) is 2. The molecule has 2 aliphatic heterocycles. The second-order valence-corrected chi connectivity index (χ2v) is 6.94. The number of rotatable bonds is 1.